The molecule has 1 atom stereocenters. The Labute approximate surface area is 84.0 Å². The lowest BCUT2D eigenvalue weighted by Crippen LogP contribution is -2.19. The topological polar surface area (TPSA) is 50.9 Å². The minimum absolute atomic E-state index is 0.199. The highest BCUT2D eigenvalue weighted by Gasteiger charge is 2.23. The number of hydrogen-bond donors (Lipinski definition) is 1. The monoisotopic (exact) mass is 195 g/mol. The van der Waals surface area contributed by atoms with Crippen LogP contribution in [0.2, 0.25) is 0 Å². The van der Waals surface area contributed by atoms with Crippen molar-refractivity contribution in [2.24, 2.45) is 0 Å². The van der Waals surface area contributed by atoms with E-state index < -0.39 is 0 Å². The number of nitrogens with zero attached hydrogens (tertiary/aromatic N) is 3. The Morgan fingerprint density at radius 1 is 1.57 bits per heavy atom. The van der Waals surface area contributed by atoms with Crippen LogP contribution < -0.4 is 0 Å². The SMILES string of the molecule is CCCc1nc2n(n1)CCCC2CO. The van der Waals surface area contributed by atoms with Crippen LogP contribution in [0.25, 0.3) is 0 Å². The minimum atomic E-state index is 0.199. The summed E-state index contributed by atoms with van der Waals surface area (Å²) in [7, 11) is 0. The predicted molar refractivity (Wildman–Crippen MR) is 53.1 cm³/mol. The van der Waals surface area contributed by atoms with Crippen molar-refractivity contribution in [3.05, 3.63) is 11.6 Å². The van der Waals surface area contributed by atoms with Crippen LogP contribution in [-0.2, 0) is 13.0 Å². The van der Waals surface area contributed by atoms with Crippen LogP contribution in [0, 0.1) is 0 Å². The van der Waals surface area contributed by atoms with Crippen molar-refractivity contribution in [3.8, 4) is 0 Å². The van der Waals surface area contributed by atoms with E-state index in [1.165, 1.54) is 0 Å². The molecule has 1 unspecified atom stereocenters. The summed E-state index contributed by atoms with van der Waals surface area (Å²) >= 11 is 0. The first-order chi connectivity index (χ1) is 6.85. The van der Waals surface area contributed by atoms with E-state index in [-0.39, 0.29) is 12.5 Å². The Hall–Kier alpha value is -0.900. The van der Waals surface area contributed by atoms with E-state index in [2.05, 4.69) is 17.0 Å². The minimum Gasteiger partial charge on any atom is -0.396 e. The van der Waals surface area contributed by atoms with E-state index in [4.69, 9.17) is 0 Å². The molecule has 2 heterocycles. The second-order valence-electron chi connectivity index (χ2n) is 3.88. The summed E-state index contributed by atoms with van der Waals surface area (Å²) in [5.41, 5.74) is 0. The smallest absolute Gasteiger partial charge is 0.150 e. The molecular formula is C10H17N3O. The van der Waals surface area contributed by atoms with Crippen molar-refractivity contribution in [2.45, 2.75) is 45.1 Å². The molecule has 1 aromatic rings. The van der Waals surface area contributed by atoms with E-state index in [1.54, 1.807) is 0 Å². The van der Waals surface area contributed by atoms with Gasteiger partial charge in [0, 0.05) is 18.9 Å². The number of rotatable bonds is 3. The number of hydrogen-bond acceptors (Lipinski definition) is 3. The number of fused-ring (bicyclic) bond motifs is 1. The molecule has 1 N–H and O–H groups in total. The molecule has 0 aromatic carbocycles. The highest BCUT2D eigenvalue weighted by atomic mass is 16.3. The zero-order valence-corrected chi connectivity index (χ0v) is 8.61. The van der Waals surface area contributed by atoms with Crippen molar-refractivity contribution < 1.29 is 5.11 Å². The van der Waals surface area contributed by atoms with E-state index in [0.717, 1.165) is 43.9 Å². The van der Waals surface area contributed by atoms with Gasteiger partial charge in [-0.2, -0.15) is 5.10 Å². The van der Waals surface area contributed by atoms with Crippen molar-refractivity contribution in [1.29, 1.82) is 0 Å². The van der Waals surface area contributed by atoms with Gasteiger partial charge in [0.05, 0.1) is 6.61 Å². The molecular weight excluding hydrogens is 178 g/mol. The standard InChI is InChI=1S/C10H17N3O/c1-2-4-9-11-10-8(7-14)5-3-6-13(10)12-9/h8,14H,2-7H2,1H3. The van der Waals surface area contributed by atoms with Crippen LogP contribution in [0.5, 0.6) is 0 Å². The van der Waals surface area contributed by atoms with Gasteiger partial charge in [0.15, 0.2) is 5.82 Å². The first kappa shape index (κ1) is 9.65. The fourth-order valence-electron chi connectivity index (χ4n) is 1.99. The molecule has 0 saturated carbocycles. The number of aliphatic hydroxyl groups is 1. The first-order valence-corrected chi connectivity index (χ1v) is 5.39. The molecule has 0 aliphatic carbocycles. The van der Waals surface area contributed by atoms with E-state index in [0.29, 0.717) is 0 Å². The summed E-state index contributed by atoms with van der Waals surface area (Å²) in [6.07, 6.45) is 4.17. The van der Waals surface area contributed by atoms with Gasteiger partial charge < -0.3 is 5.11 Å². The average Bonchev–Trinajstić information content (AvgIpc) is 2.60. The maximum atomic E-state index is 9.20. The molecule has 1 aliphatic rings. The van der Waals surface area contributed by atoms with Gasteiger partial charge in [-0.1, -0.05) is 6.92 Å². The zero-order chi connectivity index (χ0) is 9.97. The fourth-order valence-corrected chi connectivity index (χ4v) is 1.99. The Morgan fingerprint density at radius 3 is 3.14 bits per heavy atom. The predicted octanol–water partition coefficient (Wildman–Crippen LogP) is 1.10. The molecule has 4 nitrogen and oxygen atoms in total. The van der Waals surface area contributed by atoms with Gasteiger partial charge in [-0.25, -0.2) is 9.67 Å². The van der Waals surface area contributed by atoms with Gasteiger partial charge in [-0.3, -0.25) is 0 Å². The largest absolute Gasteiger partial charge is 0.396 e. The van der Waals surface area contributed by atoms with Gasteiger partial charge in [-0.15, -0.1) is 0 Å². The lowest BCUT2D eigenvalue weighted by molar-refractivity contribution is 0.234. The molecule has 0 fully saturated rings. The molecule has 0 radical (unpaired) electrons. The number of aryl methyl sites for hydroxylation is 2. The number of aromatic nitrogens is 3. The third-order valence-electron chi connectivity index (χ3n) is 2.73. The van der Waals surface area contributed by atoms with Gasteiger partial charge in [0.1, 0.15) is 5.82 Å². The lowest BCUT2D eigenvalue weighted by Gasteiger charge is -2.19. The molecule has 0 amide bonds. The van der Waals surface area contributed by atoms with Crippen LogP contribution in [-0.4, -0.2) is 26.5 Å². The van der Waals surface area contributed by atoms with E-state index in [1.807, 2.05) is 4.68 Å². The number of aliphatic hydroxyl groups excluding tert-OH is 1. The molecule has 1 aliphatic heterocycles. The van der Waals surface area contributed by atoms with Crippen molar-refractivity contribution in [3.63, 3.8) is 0 Å². The van der Waals surface area contributed by atoms with Crippen LogP contribution in [0.1, 0.15) is 43.8 Å². The maximum Gasteiger partial charge on any atom is 0.150 e. The molecule has 0 saturated heterocycles. The molecule has 2 rings (SSSR count). The van der Waals surface area contributed by atoms with Gasteiger partial charge in [0.25, 0.3) is 0 Å². The summed E-state index contributed by atoms with van der Waals surface area (Å²) in [5, 5.41) is 13.6. The molecule has 1 aromatic heterocycles. The van der Waals surface area contributed by atoms with Crippen LogP contribution in [0.4, 0.5) is 0 Å². The Morgan fingerprint density at radius 2 is 2.43 bits per heavy atom. The second-order valence-corrected chi connectivity index (χ2v) is 3.88. The molecule has 4 heteroatoms. The third kappa shape index (κ3) is 1.66. The van der Waals surface area contributed by atoms with Crippen molar-refractivity contribution >= 4 is 0 Å². The maximum absolute atomic E-state index is 9.20. The molecule has 14 heavy (non-hydrogen) atoms. The summed E-state index contributed by atoms with van der Waals surface area (Å²) in [6, 6.07) is 0. The van der Waals surface area contributed by atoms with Gasteiger partial charge in [0.2, 0.25) is 0 Å². The molecule has 0 bridgehead atoms. The van der Waals surface area contributed by atoms with E-state index in [9.17, 15) is 5.11 Å². The van der Waals surface area contributed by atoms with Gasteiger partial charge in [-0.05, 0) is 19.3 Å². The fraction of sp³-hybridized carbons (Fsp3) is 0.800. The Balaban J connectivity index is 2.24. The van der Waals surface area contributed by atoms with Crippen LogP contribution in [0.15, 0.2) is 0 Å². The van der Waals surface area contributed by atoms with Crippen molar-refractivity contribution in [1.82, 2.24) is 14.8 Å². The van der Waals surface area contributed by atoms with Gasteiger partial charge >= 0.3 is 0 Å². The normalized spacial score (nSPS) is 20.9. The molecule has 78 valence electrons. The zero-order valence-electron chi connectivity index (χ0n) is 8.61. The van der Waals surface area contributed by atoms with Crippen LogP contribution in [0.3, 0.4) is 0 Å². The summed E-state index contributed by atoms with van der Waals surface area (Å²) < 4.78 is 1.97. The Bertz CT molecular complexity index is 308. The third-order valence-corrected chi connectivity index (χ3v) is 2.73. The summed E-state index contributed by atoms with van der Waals surface area (Å²) in [4.78, 5) is 4.48. The first-order valence-electron chi connectivity index (χ1n) is 5.39. The Kier molecular flexibility index (Phi) is 2.82. The molecule has 0 spiro atoms. The quantitative estimate of drug-likeness (QED) is 0.785. The average molecular weight is 195 g/mol. The summed E-state index contributed by atoms with van der Waals surface area (Å²) in [5.74, 6) is 2.13. The van der Waals surface area contributed by atoms with Crippen LogP contribution >= 0.6 is 0 Å². The highest BCUT2D eigenvalue weighted by Crippen LogP contribution is 2.24. The summed E-state index contributed by atoms with van der Waals surface area (Å²) in [6.45, 7) is 3.29. The second kappa shape index (κ2) is 4.09. The van der Waals surface area contributed by atoms with E-state index >= 15 is 0 Å². The lowest BCUT2D eigenvalue weighted by atomic mass is 10.0. The highest BCUT2D eigenvalue weighted by molar-refractivity contribution is 5.03. The van der Waals surface area contributed by atoms with Crippen molar-refractivity contribution in [2.75, 3.05) is 6.61 Å².